The quantitative estimate of drug-likeness (QED) is 0.812. The van der Waals surface area contributed by atoms with Gasteiger partial charge in [-0.05, 0) is 18.1 Å². The second-order valence-electron chi connectivity index (χ2n) is 3.26. The molecule has 82 valence electrons. The Morgan fingerprint density at radius 2 is 2.07 bits per heavy atom. The van der Waals surface area contributed by atoms with Crippen LogP contribution in [-0.4, -0.2) is 17.5 Å². The fourth-order valence-electron chi connectivity index (χ4n) is 1.26. The predicted molar refractivity (Wildman–Crippen MR) is 51.4 cm³/mol. The van der Waals surface area contributed by atoms with E-state index in [0.717, 1.165) is 6.07 Å². The van der Waals surface area contributed by atoms with E-state index in [9.17, 15) is 13.6 Å². The van der Waals surface area contributed by atoms with Crippen molar-refractivity contribution in [2.24, 2.45) is 0 Å². The van der Waals surface area contributed by atoms with E-state index in [1.54, 1.807) is 0 Å². The summed E-state index contributed by atoms with van der Waals surface area (Å²) in [5.74, 6) is -2.11. The normalized spacial score (nSPS) is 10.3. The van der Waals surface area contributed by atoms with E-state index in [-0.39, 0.29) is 30.8 Å². The zero-order chi connectivity index (χ0) is 11.3. The minimum Gasteiger partial charge on any atom is -0.396 e. The molecule has 0 saturated heterocycles. The second-order valence-corrected chi connectivity index (χ2v) is 3.26. The van der Waals surface area contributed by atoms with Crippen LogP contribution in [0.4, 0.5) is 8.78 Å². The molecule has 0 atom stereocenters. The molecule has 4 heteroatoms. The maximum atomic E-state index is 13.1. The van der Waals surface area contributed by atoms with Gasteiger partial charge in [0, 0.05) is 19.4 Å². The zero-order valence-corrected chi connectivity index (χ0v) is 8.17. The Kier molecular flexibility index (Phi) is 4.37. The number of aliphatic hydroxyl groups excluding tert-OH is 1. The van der Waals surface area contributed by atoms with Crippen molar-refractivity contribution in [3.63, 3.8) is 0 Å². The molecular weight excluding hydrogens is 202 g/mol. The Morgan fingerprint density at radius 3 is 2.73 bits per heavy atom. The molecule has 0 aliphatic carbocycles. The van der Waals surface area contributed by atoms with Crippen molar-refractivity contribution in [1.29, 1.82) is 0 Å². The van der Waals surface area contributed by atoms with Crippen LogP contribution in [0, 0.1) is 11.6 Å². The maximum absolute atomic E-state index is 13.1. The molecule has 1 N–H and O–H groups in total. The van der Waals surface area contributed by atoms with E-state index in [4.69, 9.17) is 5.11 Å². The number of rotatable bonds is 5. The Morgan fingerprint density at radius 1 is 1.33 bits per heavy atom. The minimum absolute atomic E-state index is 0.0675. The molecule has 0 unspecified atom stereocenters. The predicted octanol–water partition coefficient (Wildman–Crippen LogP) is 1.85. The standard InChI is InChI=1S/C11H12F2O2/c12-10-5-1-3-8(11(10)13)7-9(15)4-2-6-14/h1,3,5,14H,2,4,6-7H2. The van der Waals surface area contributed by atoms with E-state index in [1.807, 2.05) is 0 Å². The van der Waals surface area contributed by atoms with Crippen LogP contribution in [0.3, 0.4) is 0 Å². The number of hydrogen-bond donors (Lipinski definition) is 1. The van der Waals surface area contributed by atoms with Gasteiger partial charge in [-0.3, -0.25) is 4.79 Å². The van der Waals surface area contributed by atoms with Crippen molar-refractivity contribution >= 4 is 5.78 Å². The van der Waals surface area contributed by atoms with Crippen LogP contribution >= 0.6 is 0 Å². The van der Waals surface area contributed by atoms with Gasteiger partial charge in [-0.25, -0.2) is 8.78 Å². The molecule has 0 bridgehead atoms. The van der Waals surface area contributed by atoms with Crippen molar-refractivity contribution in [1.82, 2.24) is 0 Å². The molecule has 1 aromatic carbocycles. The number of benzene rings is 1. The lowest BCUT2D eigenvalue weighted by Gasteiger charge is -2.02. The van der Waals surface area contributed by atoms with E-state index in [0.29, 0.717) is 6.42 Å². The lowest BCUT2D eigenvalue weighted by molar-refractivity contribution is -0.118. The van der Waals surface area contributed by atoms with Crippen molar-refractivity contribution in [3.8, 4) is 0 Å². The SMILES string of the molecule is O=C(CCCO)Cc1cccc(F)c1F. The lowest BCUT2D eigenvalue weighted by atomic mass is 10.1. The Labute approximate surface area is 86.5 Å². The largest absolute Gasteiger partial charge is 0.396 e. The number of carbonyl (C=O) groups is 1. The molecule has 0 fully saturated rings. The number of aliphatic hydroxyl groups is 1. The molecule has 0 aliphatic rings. The number of halogens is 2. The highest BCUT2D eigenvalue weighted by Crippen LogP contribution is 2.12. The van der Waals surface area contributed by atoms with E-state index < -0.39 is 11.6 Å². The van der Waals surface area contributed by atoms with Gasteiger partial charge < -0.3 is 5.11 Å². The topological polar surface area (TPSA) is 37.3 Å². The summed E-state index contributed by atoms with van der Waals surface area (Å²) < 4.78 is 25.9. The van der Waals surface area contributed by atoms with Crippen molar-refractivity contribution in [2.75, 3.05) is 6.61 Å². The van der Waals surface area contributed by atoms with Crippen molar-refractivity contribution in [2.45, 2.75) is 19.3 Å². The molecule has 0 amide bonds. The van der Waals surface area contributed by atoms with Gasteiger partial charge in [-0.1, -0.05) is 12.1 Å². The molecule has 1 aromatic rings. The summed E-state index contributed by atoms with van der Waals surface area (Å²) in [5.41, 5.74) is 0.0675. The van der Waals surface area contributed by atoms with Crippen LogP contribution in [0.15, 0.2) is 18.2 Å². The summed E-state index contributed by atoms with van der Waals surface area (Å²) in [7, 11) is 0. The minimum atomic E-state index is -0.963. The third-order valence-electron chi connectivity index (χ3n) is 2.03. The maximum Gasteiger partial charge on any atom is 0.162 e. The fraction of sp³-hybridized carbons (Fsp3) is 0.364. The van der Waals surface area contributed by atoms with Gasteiger partial charge >= 0.3 is 0 Å². The van der Waals surface area contributed by atoms with Gasteiger partial charge in [0.15, 0.2) is 11.6 Å². The summed E-state index contributed by atoms with van der Waals surface area (Å²) in [4.78, 5) is 11.2. The van der Waals surface area contributed by atoms with Crippen LogP contribution in [0.2, 0.25) is 0 Å². The summed E-state index contributed by atoms with van der Waals surface area (Å²) in [5, 5.41) is 8.49. The first-order chi connectivity index (χ1) is 7.15. The highest BCUT2D eigenvalue weighted by Gasteiger charge is 2.11. The lowest BCUT2D eigenvalue weighted by Crippen LogP contribution is -2.06. The van der Waals surface area contributed by atoms with E-state index in [1.165, 1.54) is 12.1 Å². The molecule has 0 radical (unpaired) electrons. The molecule has 0 aliphatic heterocycles. The van der Waals surface area contributed by atoms with Crippen LogP contribution in [-0.2, 0) is 11.2 Å². The molecule has 2 nitrogen and oxygen atoms in total. The van der Waals surface area contributed by atoms with E-state index >= 15 is 0 Å². The molecule has 0 saturated carbocycles. The molecule has 1 rings (SSSR count). The van der Waals surface area contributed by atoms with Gasteiger partial charge in [0.1, 0.15) is 5.78 Å². The Hall–Kier alpha value is -1.29. The summed E-state index contributed by atoms with van der Waals surface area (Å²) in [6, 6.07) is 3.76. The summed E-state index contributed by atoms with van der Waals surface area (Å²) >= 11 is 0. The first-order valence-corrected chi connectivity index (χ1v) is 4.70. The highest BCUT2D eigenvalue weighted by molar-refractivity contribution is 5.80. The number of carbonyl (C=O) groups excluding carboxylic acids is 1. The van der Waals surface area contributed by atoms with Crippen molar-refractivity contribution < 1.29 is 18.7 Å². The highest BCUT2D eigenvalue weighted by atomic mass is 19.2. The second kappa shape index (κ2) is 5.56. The zero-order valence-electron chi connectivity index (χ0n) is 8.17. The van der Waals surface area contributed by atoms with Crippen LogP contribution < -0.4 is 0 Å². The molecule has 0 heterocycles. The first kappa shape index (κ1) is 11.8. The average molecular weight is 214 g/mol. The molecule has 0 spiro atoms. The molecule has 15 heavy (non-hydrogen) atoms. The fourth-order valence-corrected chi connectivity index (χ4v) is 1.26. The van der Waals surface area contributed by atoms with Gasteiger partial charge in [-0.2, -0.15) is 0 Å². The monoisotopic (exact) mass is 214 g/mol. The van der Waals surface area contributed by atoms with Gasteiger partial charge in [0.05, 0.1) is 0 Å². The number of hydrogen-bond acceptors (Lipinski definition) is 2. The Balaban J connectivity index is 2.64. The van der Waals surface area contributed by atoms with Gasteiger partial charge in [0.25, 0.3) is 0 Å². The van der Waals surface area contributed by atoms with Crippen molar-refractivity contribution in [3.05, 3.63) is 35.4 Å². The number of Topliss-reactive ketones (excluding diaryl/α,β-unsaturated/α-hetero) is 1. The Bertz CT molecular complexity index is 350. The molecular formula is C11H12F2O2. The van der Waals surface area contributed by atoms with Crippen LogP contribution in [0.1, 0.15) is 18.4 Å². The summed E-state index contributed by atoms with van der Waals surface area (Å²) in [6.45, 7) is -0.0721. The number of ketones is 1. The van der Waals surface area contributed by atoms with Gasteiger partial charge in [0.2, 0.25) is 0 Å². The third-order valence-corrected chi connectivity index (χ3v) is 2.03. The first-order valence-electron chi connectivity index (χ1n) is 4.70. The summed E-state index contributed by atoms with van der Waals surface area (Å²) in [6.07, 6.45) is 0.422. The average Bonchev–Trinajstić information content (AvgIpc) is 2.22. The third kappa shape index (κ3) is 3.40. The smallest absolute Gasteiger partial charge is 0.162 e. The van der Waals surface area contributed by atoms with E-state index in [2.05, 4.69) is 0 Å². The molecule has 0 aromatic heterocycles. The van der Waals surface area contributed by atoms with Gasteiger partial charge in [-0.15, -0.1) is 0 Å². The van der Waals surface area contributed by atoms with Crippen LogP contribution in [0.5, 0.6) is 0 Å². The van der Waals surface area contributed by atoms with Crippen LogP contribution in [0.25, 0.3) is 0 Å².